The third-order valence-corrected chi connectivity index (χ3v) is 10.2. The Balaban J connectivity index is 1.02. The maximum atomic E-state index is 4.33. The summed E-state index contributed by atoms with van der Waals surface area (Å²) in [5.41, 5.74) is 15.2. The van der Waals surface area contributed by atoms with Gasteiger partial charge in [-0.1, -0.05) is 183 Å². The van der Waals surface area contributed by atoms with Gasteiger partial charge in [-0.2, -0.15) is 0 Å². The van der Waals surface area contributed by atoms with E-state index in [1.165, 1.54) is 0 Å². The number of anilines is 6. The molecule has 278 valence electrons. The molecule has 0 amide bonds. The Labute approximate surface area is 343 Å². The maximum absolute atomic E-state index is 4.33. The van der Waals surface area contributed by atoms with Gasteiger partial charge in [0, 0.05) is 34.1 Å². The molecule has 0 aliphatic rings. The van der Waals surface area contributed by atoms with E-state index in [0.29, 0.717) is 0 Å². The molecule has 58 heavy (non-hydrogen) atoms. The molecule has 0 N–H and O–H groups in total. The van der Waals surface area contributed by atoms with E-state index in [2.05, 4.69) is 229 Å². The number of nitrogens with zero attached hydrogens (tertiary/aromatic N) is 2. The fourth-order valence-corrected chi connectivity index (χ4v) is 7.02. The Morgan fingerprint density at radius 1 is 0.293 bits per heavy atom. The molecule has 0 radical (unpaired) electrons. The van der Waals surface area contributed by atoms with E-state index in [9.17, 15) is 0 Å². The Morgan fingerprint density at radius 3 is 0.862 bits per heavy atom. The lowest BCUT2D eigenvalue weighted by molar-refractivity contribution is 1.28. The van der Waals surface area contributed by atoms with Gasteiger partial charge in [-0.15, -0.1) is 0 Å². The molecule has 0 bridgehead atoms. The van der Waals surface area contributed by atoms with E-state index in [0.717, 1.165) is 78.7 Å². The molecule has 8 aromatic carbocycles. The Morgan fingerprint density at radius 2 is 0.552 bits per heavy atom. The first kappa shape index (κ1) is 37.3. The smallest absolute Gasteiger partial charge is 0.0462 e. The van der Waals surface area contributed by atoms with Gasteiger partial charge in [0.15, 0.2) is 0 Å². The van der Waals surface area contributed by atoms with Crippen LogP contribution in [-0.4, -0.2) is 0 Å². The second kappa shape index (κ2) is 17.8. The van der Waals surface area contributed by atoms with Crippen LogP contribution in [-0.2, 0) is 0 Å². The predicted molar refractivity (Wildman–Crippen MR) is 250 cm³/mol. The quantitative estimate of drug-likeness (QED) is 0.108. The first-order valence-electron chi connectivity index (χ1n) is 19.5. The molecule has 0 fully saturated rings. The monoisotopic (exact) mass is 744 g/mol. The summed E-state index contributed by atoms with van der Waals surface area (Å²) in [7, 11) is 0. The second-order valence-corrected chi connectivity index (χ2v) is 14.1. The average Bonchev–Trinajstić information content (AvgIpc) is 3.30. The van der Waals surface area contributed by atoms with Crippen LogP contribution in [0.2, 0.25) is 0 Å². The Hall–Kier alpha value is -7.68. The number of hydrogen-bond donors (Lipinski definition) is 0. The molecule has 0 unspecified atom stereocenters. The van der Waals surface area contributed by atoms with E-state index < -0.39 is 0 Å². The minimum atomic E-state index is 0.968. The van der Waals surface area contributed by atoms with Crippen molar-refractivity contribution in [2.75, 3.05) is 9.80 Å². The van der Waals surface area contributed by atoms with Gasteiger partial charge in [0.2, 0.25) is 0 Å². The molecule has 8 aromatic rings. The third-order valence-electron chi connectivity index (χ3n) is 10.2. The fourth-order valence-electron chi connectivity index (χ4n) is 7.02. The van der Waals surface area contributed by atoms with E-state index in [1.54, 1.807) is 0 Å². The number of para-hydroxylation sites is 2. The number of benzene rings is 8. The van der Waals surface area contributed by atoms with Crippen molar-refractivity contribution in [3.8, 4) is 11.1 Å². The highest BCUT2D eigenvalue weighted by molar-refractivity contribution is 5.84. The van der Waals surface area contributed by atoms with Gasteiger partial charge in [0.05, 0.1) is 0 Å². The molecule has 8 rings (SSSR count). The largest absolute Gasteiger partial charge is 0.311 e. The van der Waals surface area contributed by atoms with Crippen LogP contribution in [0.4, 0.5) is 34.1 Å². The predicted octanol–water partition coefficient (Wildman–Crippen LogP) is 15.7. The molecule has 0 heterocycles. The molecule has 0 aliphatic heterocycles. The minimum absolute atomic E-state index is 0.968. The zero-order valence-electron chi connectivity index (χ0n) is 32.4. The first-order valence-corrected chi connectivity index (χ1v) is 19.5. The number of hydrogen-bond acceptors (Lipinski definition) is 2. The molecule has 0 aliphatic carbocycles. The van der Waals surface area contributed by atoms with Crippen LogP contribution in [0.1, 0.15) is 22.3 Å². The van der Waals surface area contributed by atoms with Gasteiger partial charge in [-0.3, -0.25) is 0 Å². The zero-order chi connectivity index (χ0) is 39.5. The lowest BCUT2D eigenvalue weighted by Crippen LogP contribution is -2.10. The molecular weight excluding hydrogens is 701 g/mol. The minimum Gasteiger partial charge on any atom is -0.311 e. The SMILES string of the molecule is C=C(C=Cc1ccccc1)c1ccc(N(c2ccccc2)c2ccc(-c3ccc(N(c4ccccc4)c4ccc(C(=C)C=Cc5ccccc5)cc4)cc3)cc2)cc1. The molecule has 0 saturated carbocycles. The van der Waals surface area contributed by atoms with Crippen molar-refractivity contribution in [1.29, 1.82) is 0 Å². The van der Waals surface area contributed by atoms with Gasteiger partial charge in [-0.25, -0.2) is 0 Å². The van der Waals surface area contributed by atoms with Crippen molar-refractivity contribution in [3.05, 3.63) is 266 Å². The summed E-state index contributed by atoms with van der Waals surface area (Å²) in [6, 6.07) is 76.5. The molecular formula is C56H44N2. The number of allylic oxidation sites excluding steroid dienone is 4. The van der Waals surface area contributed by atoms with Crippen LogP contribution in [0.15, 0.2) is 244 Å². The molecule has 0 spiro atoms. The normalized spacial score (nSPS) is 11.1. The van der Waals surface area contributed by atoms with Crippen LogP contribution in [0.25, 0.3) is 34.4 Å². The summed E-state index contributed by atoms with van der Waals surface area (Å²) in [5, 5.41) is 0. The first-order chi connectivity index (χ1) is 28.6. The summed E-state index contributed by atoms with van der Waals surface area (Å²) in [6.07, 6.45) is 8.35. The summed E-state index contributed by atoms with van der Waals surface area (Å²) >= 11 is 0. The van der Waals surface area contributed by atoms with E-state index in [4.69, 9.17) is 0 Å². The highest BCUT2D eigenvalue weighted by Gasteiger charge is 2.15. The fraction of sp³-hybridized carbons (Fsp3) is 0. The molecule has 2 heteroatoms. The van der Waals surface area contributed by atoms with Gasteiger partial charge < -0.3 is 9.80 Å². The highest BCUT2D eigenvalue weighted by atomic mass is 15.1. The highest BCUT2D eigenvalue weighted by Crippen LogP contribution is 2.38. The Bertz CT molecular complexity index is 2440. The molecule has 0 aromatic heterocycles. The van der Waals surface area contributed by atoms with Crippen LogP contribution < -0.4 is 9.80 Å². The van der Waals surface area contributed by atoms with Crippen molar-refractivity contribution in [2.45, 2.75) is 0 Å². The standard InChI is InChI=1S/C56H44N2/c1-43(23-25-45-15-7-3-8-16-45)47-27-35-53(36-28-47)57(51-19-11-5-12-20-51)55-39-31-49(32-40-55)50-33-41-56(42-34-50)58(52-21-13-6-14-22-52)54-37-29-48(30-38-54)44(2)24-26-46-17-9-4-10-18-46/h3-42H,1-2H2. The van der Waals surface area contributed by atoms with E-state index in [-0.39, 0.29) is 0 Å². The molecule has 2 nitrogen and oxygen atoms in total. The lowest BCUT2D eigenvalue weighted by Gasteiger charge is -2.26. The summed E-state index contributed by atoms with van der Waals surface area (Å²) in [4.78, 5) is 4.58. The van der Waals surface area contributed by atoms with Crippen molar-refractivity contribution in [1.82, 2.24) is 0 Å². The molecule has 0 saturated heterocycles. The average molecular weight is 745 g/mol. The number of rotatable bonds is 13. The summed E-state index contributed by atoms with van der Waals surface area (Å²) in [6.45, 7) is 8.66. The van der Waals surface area contributed by atoms with Crippen molar-refractivity contribution >= 4 is 57.4 Å². The van der Waals surface area contributed by atoms with Crippen LogP contribution in [0, 0.1) is 0 Å². The van der Waals surface area contributed by atoms with Gasteiger partial charge >= 0.3 is 0 Å². The van der Waals surface area contributed by atoms with Crippen molar-refractivity contribution < 1.29 is 0 Å². The van der Waals surface area contributed by atoms with Gasteiger partial charge in [-0.05, 0) is 117 Å². The topological polar surface area (TPSA) is 6.48 Å². The summed E-state index contributed by atoms with van der Waals surface area (Å²) in [5.74, 6) is 0. The van der Waals surface area contributed by atoms with Crippen LogP contribution in [0.5, 0.6) is 0 Å². The van der Waals surface area contributed by atoms with E-state index >= 15 is 0 Å². The second-order valence-electron chi connectivity index (χ2n) is 14.1. The van der Waals surface area contributed by atoms with Crippen LogP contribution >= 0.6 is 0 Å². The zero-order valence-corrected chi connectivity index (χ0v) is 32.4. The third kappa shape index (κ3) is 8.89. The van der Waals surface area contributed by atoms with Crippen molar-refractivity contribution in [3.63, 3.8) is 0 Å². The van der Waals surface area contributed by atoms with Gasteiger partial charge in [0.25, 0.3) is 0 Å². The van der Waals surface area contributed by atoms with Crippen molar-refractivity contribution in [2.24, 2.45) is 0 Å². The molecule has 0 atom stereocenters. The van der Waals surface area contributed by atoms with E-state index in [1.807, 2.05) is 36.4 Å². The maximum Gasteiger partial charge on any atom is 0.0462 e. The van der Waals surface area contributed by atoms with Gasteiger partial charge in [0.1, 0.15) is 0 Å². The summed E-state index contributed by atoms with van der Waals surface area (Å²) < 4.78 is 0. The van der Waals surface area contributed by atoms with Crippen LogP contribution in [0.3, 0.4) is 0 Å². The lowest BCUT2D eigenvalue weighted by atomic mass is 10.0. The Kier molecular flexibility index (Phi) is 11.5.